The van der Waals surface area contributed by atoms with Crippen molar-refractivity contribution in [3.05, 3.63) is 131 Å². The first kappa shape index (κ1) is 32.0. The number of aliphatic hydroxyl groups is 1. The topological polar surface area (TPSA) is 103 Å². The zero-order valence-corrected chi connectivity index (χ0v) is 27.1. The van der Waals surface area contributed by atoms with Gasteiger partial charge in [-0.25, -0.2) is 0 Å². The standard InChI is InChI=1S/C39H42N4O5/c1-27-34(24-42-21-19-39(20-22-42)38(46)40-26-43(39)33-13-6-3-7-14-33)47-37(48-35(27)29-17-15-28(25-44)16-18-29)31-11-8-12-32(23-31)41-36(45)30-9-4-2-5-10-30/h2-18,23,27,34-35,37,44H,19-22,24-26H2,1H3,(H,40,46)(H,41,45). The molecule has 4 aromatic rings. The van der Waals surface area contributed by atoms with Gasteiger partial charge in [0.05, 0.1) is 25.5 Å². The number of amides is 2. The van der Waals surface area contributed by atoms with Crippen LogP contribution in [0.15, 0.2) is 109 Å². The number of anilines is 2. The van der Waals surface area contributed by atoms with E-state index >= 15 is 0 Å². The van der Waals surface area contributed by atoms with Crippen LogP contribution in [0.3, 0.4) is 0 Å². The number of piperidine rings is 1. The summed E-state index contributed by atoms with van der Waals surface area (Å²) in [6.07, 6.45) is 0.376. The zero-order valence-electron chi connectivity index (χ0n) is 27.1. The lowest BCUT2D eigenvalue weighted by Gasteiger charge is -2.46. The Morgan fingerprint density at radius 3 is 2.31 bits per heavy atom. The number of benzene rings is 4. The summed E-state index contributed by atoms with van der Waals surface area (Å²) in [6, 6.07) is 34.8. The molecule has 3 aliphatic heterocycles. The maximum Gasteiger partial charge on any atom is 0.255 e. The SMILES string of the molecule is CC1C(CN2CCC3(CC2)C(=O)NCN3c2ccccc2)OC(c2cccc(NC(=O)c3ccccc3)c2)OC1c1ccc(CO)cc1. The van der Waals surface area contributed by atoms with Gasteiger partial charge in [-0.3, -0.25) is 9.59 Å². The molecule has 248 valence electrons. The number of para-hydroxylation sites is 1. The van der Waals surface area contributed by atoms with Crippen LogP contribution in [0.2, 0.25) is 0 Å². The van der Waals surface area contributed by atoms with Gasteiger partial charge in [-0.05, 0) is 60.4 Å². The van der Waals surface area contributed by atoms with Gasteiger partial charge in [0.1, 0.15) is 5.54 Å². The van der Waals surface area contributed by atoms with E-state index in [1.165, 1.54) is 0 Å². The summed E-state index contributed by atoms with van der Waals surface area (Å²) in [4.78, 5) is 30.8. The van der Waals surface area contributed by atoms with Crippen LogP contribution in [-0.2, 0) is 20.9 Å². The van der Waals surface area contributed by atoms with E-state index in [9.17, 15) is 14.7 Å². The average molecular weight is 647 g/mol. The zero-order chi connectivity index (χ0) is 33.1. The highest BCUT2D eigenvalue weighted by Gasteiger charge is 2.51. The molecule has 4 aromatic carbocycles. The Bertz CT molecular complexity index is 1710. The molecule has 1 spiro atoms. The molecule has 0 aliphatic carbocycles. The lowest BCUT2D eigenvalue weighted by atomic mass is 9.84. The lowest BCUT2D eigenvalue weighted by Crippen LogP contribution is -2.57. The van der Waals surface area contributed by atoms with Crippen LogP contribution in [0, 0.1) is 5.92 Å². The van der Waals surface area contributed by atoms with E-state index in [1.54, 1.807) is 12.1 Å². The molecule has 9 nitrogen and oxygen atoms in total. The first-order chi connectivity index (χ1) is 23.4. The van der Waals surface area contributed by atoms with Crippen LogP contribution in [0.5, 0.6) is 0 Å². The minimum atomic E-state index is -0.660. The van der Waals surface area contributed by atoms with Gasteiger partial charge in [-0.1, -0.05) is 79.7 Å². The second kappa shape index (κ2) is 13.9. The number of nitrogens with zero attached hydrogens (tertiary/aromatic N) is 2. The second-order valence-corrected chi connectivity index (χ2v) is 13.0. The minimum Gasteiger partial charge on any atom is -0.392 e. The Labute approximate surface area is 281 Å². The molecule has 3 saturated heterocycles. The molecule has 3 fully saturated rings. The lowest BCUT2D eigenvalue weighted by molar-refractivity contribution is -0.276. The monoisotopic (exact) mass is 646 g/mol. The Hall–Kier alpha value is -4.54. The summed E-state index contributed by atoms with van der Waals surface area (Å²) in [7, 11) is 0. The predicted molar refractivity (Wildman–Crippen MR) is 184 cm³/mol. The minimum absolute atomic E-state index is 0.0204. The Balaban J connectivity index is 1.10. The van der Waals surface area contributed by atoms with Gasteiger partial charge < -0.3 is 35.0 Å². The van der Waals surface area contributed by atoms with Gasteiger partial charge in [0, 0.05) is 48.1 Å². The fourth-order valence-electron chi connectivity index (χ4n) is 7.28. The number of nitrogens with one attached hydrogen (secondary N) is 2. The number of carbonyl (C=O) groups excluding carboxylic acids is 2. The molecule has 2 amide bonds. The fraction of sp³-hybridized carbons (Fsp3) is 0.333. The van der Waals surface area contributed by atoms with E-state index in [1.807, 2.05) is 84.9 Å². The van der Waals surface area contributed by atoms with E-state index < -0.39 is 11.8 Å². The third-order valence-corrected chi connectivity index (χ3v) is 10.1. The number of hydrogen-bond acceptors (Lipinski definition) is 7. The molecule has 7 rings (SSSR count). The van der Waals surface area contributed by atoms with Gasteiger partial charge >= 0.3 is 0 Å². The van der Waals surface area contributed by atoms with Crippen molar-refractivity contribution in [1.29, 1.82) is 0 Å². The first-order valence-corrected chi connectivity index (χ1v) is 16.7. The van der Waals surface area contributed by atoms with Gasteiger partial charge in [-0.2, -0.15) is 0 Å². The van der Waals surface area contributed by atoms with E-state index in [0.717, 1.165) is 48.3 Å². The second-order valence-electron chi connectivity index (χ2n) is 13.0. The van der Waals surface area contributed by atoms with Crippen molar-refractivity contribution >= 4 is 23.2 Å². The number of aliphatic hydroxyl groups excluding tert-OH is 1. The van der Waals surface area contributed by atoms with Gasteiger partial charge in [0.2, 0.25) is 5.91 Å². The molecule has 0 bridgehead atoms. The molecule has 0 saturated carbocycles. The van der Waals surface area contributed by atoms with Crippen molar-refractivity contribution in [2.24, 2.45) is 5.92 Å². The third kappa shape index (κ3) is 6.47. The number of likely N-dealkylation sites (tertiary alicyclic amines) is 1. The molecule has 9 heteroatoms. The highest BCUT2D eigenvalue weighted by molar-refractivity contribution is 6.04. The number of hydrogen-bond donors (Lipinski definition) is 3. The van der Waals surface area contributed by atoms with E-state index in [-0.39, 0.29) is 36.5 Å². The van der Waals surface area contributed by atoms with Crippen LogP contribution in [0.25, 0.3) is 0 Å². The van der Waals surface area contributed by atoms with Crippen LogP contribution in [0.1, 0.15) is 59.2 Å². The smallest absolute Gasteiger partial charge is 0.255 e. The van der Waals surface area contributed by atoms with Crippen molar-refractivity contribution in [2.45, 2.75) is 50.4 Å². The molecule has 0 radical (unpaired) electrons. The molecule has 3 aliphatic rings. The fourth-order valence-corrected chi connectivity index (χ4v) is 7.28. The summed E-state index contributed by atoms with van der Waals surface area (Å²) >= 11 is 0. The van der Waals surface area contributed by atoms with Gasteiger partial charge in [-0.15, -0.1) is 0 Å². The van der Waals surface area contributed by atoms with E-state index in [4.69, 9.17) is 9.47 Å². The van der Waals surface area contributed by atoms with E-state index in [2.05, 4.69) is 39.5 Å². The maximum absolute atomic E-state index is 13.2. The van der Waals surface area contributed by atoms with Crippen molar-refractivity contribution in [1.82, 2.24) is 10.2 Å². The summed E-state index contributed by atoms with van der Waals surface area (Å²) in [5.41, 5.74) is 4.43. The molecule has 3 heterocycles. The van der Waals surface area contributed by atoms with Crippen LogP contribution in [0.4, 0.5) is 11.4 Å². The molecule has 4 unspecified atom stereocenters. The molecule has 3 N–H and O–H groups in total. The maximum atomic E-state index is 13.2. The molecular formula is C39H42N4O5. The van der Waals surface area contributed by atoms with Crippen molar-refractivity contribution in [3.8, 4) is 0 Å². The highest BCUT2D eigenvalue weighted by Crippen LogP contribution is 2.43. The summed E-state index contributed by atoms with van der Waals surface area (Å²) in [5.74, 6) is -0.0581. The summed E-state index contributed by atoms with van der Waals surface area (Å²) in [6.45, 7) is 4.89. The van der Waals surface area contributed by atoms with Crippen molar-refractivity contribution < 1.29 is 24.2 Å². The largest absolute Gasteiger partial charge is 0.392 e. The Morgan fingerprint density at radius 2 is 1.60 bits per heavy atom. The number of carbonyl (C=O) groups is 2. The van der Waals surface area contributed by atoms with Crippen LogP contribution < -0.4 is 15.5 Å². The quantitative estimate of drug-likeness (QED) is 0.227. The molecule has 0 aromatic heterocycles. The summed E-state index contributed by atoms with van der Waals surface area (Å²) in [5, 5.41) is 15.7. The first-order valence-electron chi connectivity index (χ1n) is 16.7. The van der Waals surface area contributed by atoms with Crippen LogP contribution in [-0.4, -0.2) is 59.8 Å². The molecule has 48 heavy (non-hydrogen) atoms. The number of ether oxygens (including phenoxy) is 2. The predicted octanol–water partition coefficient (Wildman–Crippen LogP) is 5.65. The Kier molecular flexibility index (Phi) is 9.28. The average Bonchev–Trinajstić information content (AvgIpc) is 3.45. The number of rotatable bonds is 8. The summed E-state index contributed by atoms with van der Waals surface area (Å²) < 4.78 is 13.4. The highest BCUT2D eigenvalue weighted by atomic mass is 16.7. The third-order valence-electron chi connectivity index (χ3n) is 10.1. The normalized spacial score (nSPS) is 24.0. The molecular weight excluding hydrogens is 604 g/mol. The van der Waals surface area contributed by atoms with Crippen molar-refractivity contribution in [3.63, 3.8) is 0 Å². The molecule has 4 atom stereocenters. The Morgan fingerprint density at radius 1 is 0.896 bits per heavy atom. The van der Waals surface area contributed by atoms with Gasteiger partial charge in [0.15, 0.2) is 6.29 Å². The van der Waals surface area contributed by atoms with E-state index in [0.29, 0.717) is 24.5 Å². The van der Waals surface area contributed by atoms with Gasteiger partial charge in [0.25, 0.3) is 5.91 Å². The van der Waals surface area contributed by atoms with Crippen LogP contribution >= 0.6 is 0 Å². The van der Waals surface area contributed by atoms with Crippen molar-refractivity contribution in [2.75, 3.05) is 36.5 Å².